The molecule has 0 aliphatic carbocycles. The van der Waals surface area contributed by atoms with Gasteiger partial charge in [-0.25, -0.2) is 15.0 Å². The van der Waals surface area contributed by atoms with E-state index in [0.29, 0.717) is 11.4 Å². The van der Waals surface area contributed by atoms with Crippen molar-refractivity contribution in [1.29, 1.82) is 5.26 Å². The van der Waals surface area contributed by atoms with Crippen molar-refractivity contribution in [2.24, 2.45) is 5.41 Å². The molecule has 0 saturated carbocycles. The average Bonchev–Trinajstić information content (AvgIpc) is 3.41. The van der Waals surface area contributed by atoms with Crippen LogP contribution < -0.4 is 5.32 Å². The number of pyridine rings is 2. The number of carbonyl (C=O) groups excluding carboxylic acids is 1. The number of amides is 1. The van der Waals surface area contributed by atoms with Crippen LogP contribution in [0.2, 0.25) is 0 Å². The monoisotopic (exact) mass is 385 g/mol. The lowest BCUT2D eigenvalue weighted by Crippen LogP contribution is -2.33. The van der Waals surface area contributed by atoms with Gasteiger partial charge in [0.2, 0.25) is 0 Å². The second-order valence-corrected chi connectivity index (χ2v) is 7.40. The van der Waals surface area contributed by atoms with Gasteiger partial charge in [-0.2, -0.15) is 5.26 Å². The van der Waals surface area contributed by atoms with Crippen molar-refractivity contribution in [2.45, 2.75) is 13.8 Å². The zero-order valence-corrected chi connectivity index (χ0v) is 16.0. The van der Waals surface area contributed by atoms with E-state index in [1.807, 2.05) is 18.2 Å². The molecule has 1 amide bonds. The molecule has 0 aliphatic heterocycles. The molecule has 3 N–H and O–H groups in total. The second-order valence-electron chi connectivity index (χ2n) is 7.40. The van der Waals surface area contributed by atoms with Crippen molar-refractivity contribution >= 4 is 16.9 Å². The van der Waals surface area contributed by atoms with Crippen LogP contribution in [-0.4, -0.2) is 37.4 Å². The Bertz CT molecular complexity index is 1220. The summed E-state index contributed by atoms with van der Waals surface area (Å²) in [5.41, 5.74) is 3.64. The number of H-pyrrole nitrogens is 2. The van der Waals surface area contributed by atoms with Gasteiger partial charge in [0.05, 0.1) is 41.1 Å². The van der Waals surface area contributed by atoms with Crippen LogP contribution in [0.4, 0.5) is 0 Å². The fourth-order valence-electron chi connectivity index (χ4n) is 2.86. The molecular formula is C21H19N7O. The highest BCUT2D eigenvalue weighted by molar-refractivity contribution is 5.93. The molecule has 0 atom stereocenters. The average molecular weight is 385 g/mol. The van der Waals surface area contributed by atoms with Crippen molar-refractivity contribution < 1.29 is 4.79 Å². The molecule has 0 aliphatic rings. The summed E-state index contributed by atoms with van der Waals surface area (Å²) < 4.78 is 0. The fraction of sp³-hybridized carbons (Fsp3) is 0.190. The third kappa shape index (κ3) is 3.84. The van der Waals surface area contributed by atoms with E-state index in [0.717, 1.165) is 28.0 Å². The Labute approximate surface area is 167 Å². The SMILES string of the molecule is CC(C)(C#N)CNC(=O)c1cccc(-c2cnc3[nH]c(-c4cnc[nH]4)cc3c2)n1. The summed E-state index contributed by atoms with van der Waals surface area (Å²) in [5, 5.41) is 12.8. The maximum Gasteiger partial charge on any atom is 0.269 e. The Kier molecular flexibility index (Phi) is 4.56. The Balaban J connectivity index is 1.60. The summed E-state index contributed by atoms with van der Waals surface area (Å²) in [6.07, 6.45) is 5.08. The van der Waals surface area contributed by atoms with E-state index < -0.39 is 5.41 Å². The van der Waals surface area contributed by atoms with Crippen LogP contribution in [0.1, 0.15) is 24.3 Å². The first-order chi connectivity index (χ1) is 13.9. The van der Waals surface area contributed by atoms with Crippen LogP contribution in [-0.2, 0) is 0 Å². The molecule has 0 spiro atoms. The van der Waals surface area contributed by atoms with Gasteiger partial charge in [0, 0.05) is 23.7 Å². The van der Waals surface area contributed by atoms with Crippen molar-refractivity contribution in [3.8, 4) is 28.7 Å². The normalized spacial score (nSPS) is 11.3. The molecule has 0 saturated heterocycles. The molecule has 0 aromatic carbocycles. The largest absolute Gasteiger partial charge is 0.349 e. The summed E-state index contributed by atoms with van der Waals surface area (Å²) in [4.78, 5) is 31.7. The van der Waals surface area contributed by atoms with E-state index in [2.05, 4.69) is 36.3 Å². The minimum Gasteiger partial charge on any atom is -0.349 e. The van der Waals surface area contributed by atoms with Gasteiger partial charge in [0.1, 0.15) is 11.3 Å². The number of aromatic nitrogens is 5. The number of hydrogen-bond acceptors (Lipinski definition) is 5. The third-order valence-corrected chi connectivity index (χ3v) is 4.53. The molecule has 4 heterocycles. The molecule has 4 rings (SSSR count). The fourth-order valence-corrected chi connectivity index (χ4v) is 2.86. The van der Waals surface area contributed by atoms with Crippen LogP contribution in [0.25, 0.3) is 33.7 Å². The molecule has 144 valence electrons. The predicted molar refractivity (Wildman–Crippen MR) is 109 cm³/mol. The predicted octanol–water partition coefficient (Wildman–Crippen LogP) is 3.29. The smallest absolute Gasteiger partial charge is 0.269 e. The molecule has 0 unspecified atom stereocenters. The molecule has 8 nitrogen and oxygen atoms in total. The molecule has 4 aromatic rings. The highest BCUT2D eigenvalue weighted by Crippen LogP contribution is 2.25. The zero-order valence-electron chi connectivity index (χ0n) is 16.0. The molecule has 0 bridgehead atoms. The van der Waals surface area contributed by atoms with Gasteiger partial charge in [-0.15, -0.1) is 0 Å². The maximum absolute atomic E-state index is 12.4. The maximum atomic E-state index is 12.4. The number of carbonyl (C=O) groups is 1. The lowest BCUT2D eigenvalue weighted by molar-refractivity contribution is 0.0939. The van der Waals surface area contributed by atoms with Crippen molar-refractivity contribution in [2.75, 3.05) is 6.54 Å². The topological polar surface area (TPSA) is 123 Å². The minimum atomic E-state index is -0.636. The van der Waals surface area contributed by atoms with Gasteiger partial charge in [-0.3, -0.25) is 4.79 Å². The lowest BCUT2D eigenvalue weighted by atomic mass is 9.96. The standard InChI is InChI=1S/C21H19N7O/c1-21(2,10-22)11-25-20(29)16-5-3-4-15(27-16)14-6-13-7-17(18-9-23-12-26-18)28-19(13)24-8-14/h3-9,12H,11H2,1-2H3,(H,23,26)(H,24,28)(H,25,29). The van der Waals surface area contributed by atoms with E-state index >= 15 is 0 Å². The molecule has 0 fully saturated rings. The molecule has 0 radical (unpaired) electrons. The molecule has 4 aromatic heterocycles. The summed E-state index contributed by atoms with van der Waals surface area (Å²) >= 11 is 0. The summed E-state index contributed by atoms with van der Waals surface area (Å²) in [6, 6.07) is 11.4. The Morgan fingerprint density at radius 3 is 2.86 bits per heavy atom. The van der Waals surface area contributed by atoms with Crippen LogP contribution >= 0.6 is 0 Å². The highest BCUT2D eigenvalue weighted by atomic mass is 16.1. The molecule has 29 heavy (non-hydrogen) atoms. The van der Waals surface area contributed by atoms with E-state index in [9.17, 15) is 4.79 Å². The van der Waals surface area contributed by atoms with Crippen molar-refractivity contribution in [3.63, 3.8) is 0 Å². The molecular weight excluding hydrogens is 366 g/mol. The van der Waals surface area contributed by atoms with E-state index in [-0.39, 0.29) is 12.5 Å². The Morgan fingerprint density at radius 2 is 2.10 bits per heavy atom. The number of fused-ring (bicyclic) bond motifs is 1. The summed E-state index contributed by atoms with van der Waals surface area (Å²) in [5.74, 6) is -0.313. The summed E-state index contributed by atoms with van der Waals surface area (Å²) in [6.45, 7) is 3.79. The molecule has 8 heteroatoms. The van der Waals surface area contributed by atoms with Gasteiger partial charge in [-0.05, 0) is 38.1 Å². The lowest BCUT2D eigenvalue weighted by Gasteiger charge is -2.15. The first kappa shape index (κ1) is 18.4. The van der Waals surface area contributed by atoms with Crippen LogP contribution in [0.5, 0.6) is 0 Å². The number of imidazole rings is 1. The number of hydrogen-bond donors (Lipinski definition) is 3. The summed E-state index contributed by atoms with van der Waals surface area (Å²) in [7, 11) is 0. The number of nitrogens with one attached hydrogen (secondary N) is 3. The van der Waals surface area contributed by atoms with Crippen LogP contribution in [0.15, 0.2) is 49.1 Å². The van der Waals surface area contributed by atoms with Crippen LogP contribution in [0, 0.1) is 16.7 Å². The number of nitrogens with zero attached hydrogens (tertiary/aromatic N) is 4. The first-order valence-corrected chi connectivity index (χ1v) is 9.09. The van der Waals surface area contributed by atoms with Gasteiger partial charge < -0.3 is 15.3 Å². The van der Waals surface area contributed by atoms with Crippen molar-refractivity contribution in [1.82, 2.24) is 30.2 Å². The van der Waals surface area contributed by atoms with Gasteiger partial charge >= 0.3 is 0 Å². The quantitative estimate of drug-likeness (QED) is 0.486. The zero-order chi connectivity index (χ0) is 20.4. The highest BCUT2D eigenvalue weighted by Gasteiger charge is 2.19. The van der Waals surface area contributed by atoms with E-state index in [4.69, 9.17) is 5.26 Å². The number of aromatic amines is 2. The number of rotatable bonds is 5. The number of nitriles is 1. The van der Waals surface area contributed by atoms with Gasteiger partial charge in [-0.1, -0.05) is 6.07 Å². The Morgan fingerprint density at radius 1 is 1.24 bits per heavy atom. The first-order valence-electron chi connectivity index (χ1n) is 9.09. The van der Waals surface area contributed by atoms with Crippen LogP contribution in [0.3, 0.4) is 0 Å². The van der Waals surface area contributed by atoms with Gasteiger partial charge in [0.15, 0.2) is 0 Å². The third-order valence-electron chi connectivity index (χ3n) is 4.53. The van der Waals surface area contributed by atoms with E-state index in [1.54, 1.807) is 44.7 Å². The van der Waals surface area contributed by atoms with E-state index in [1.165, 1.54) is 0 Å². The van der Waals surface area contributed by atoms with Gasteiger partial charge in [0.25, 0.3) is 5.91 Å². The minimum absolute atomic E-state index is 0.251. The Hall–Kier alpha value is -3.99. The second kappa shape index (κ2) is 7.20. The van der Waals surface area contributed by atoms with Crippen molar-refractivity contribution in [3.05, 3.63) is 54.7 Å².